The Morgan fingerprint density at radius 2 is 2.25 bits per heavy atom. The number of carbonyl (C=O) groups excluding carboxylic acids is 1. The highest BCUT2D eigenvalue weighted by Gasteiger charge is 2.22. The van der Waals surface area contributed by atoms with Gasteiger partial charge in [0.15, 0.2) is 5.69 Å². The van der Waals surface area contributed by atoms with E-state index in [4.69, 9.17) is 27.3 Å². The third-order valence-corrected chi connectivity index (χ3v) is 3.81. The van der Waals surface area contributed by atoms with Crippen molar-refractivity contribution in [3.8, 4) is 11.8 Å². The zero-order valence-electron chi connectivity index (χ0n) is 10.4. The minimum atomic E-state index is -0.602. The number of carbonyl (C=O) groups is 1. The molecule has 0 unspecified atom stereocenters. The van der Waals surface area contributed by atoms with Crippen LogP contribution in [0.1, 0.15) is 16.1 Å². The molecule has 0 saturated carbocycles. The van der Waals surface area contributed by atoms with E-state index in [9.17, 15) is 4.79 Å². The number of nitrogen functional groups attached to an aromatic ring is 1. The van der Waals surface area contributed by atoms with Gasteiger partial charge in [-0.25, -0.2) is 4.79 Å². The summed E-state index contributed by atoms with van der Waals surface area (Å²) in [6.45, 7) is 0. The molecule has 0 fully saturated rings. The van der Waals surface area contributed by atoms with Gasteiger partial charge in [-0.3, -0.25) is 0 Å². The zero-order valence-corrected chi connectivity index (χ0v) is 13.3. The van der Waals surface area contributed by atoms with E-state index < -0.39 is 5.97 Å². The van der Waals surface area contributed by atoms with Gasteiger partial charge in [0, 0.05) is 14.8 Å². The number of nitriles is 1. The van der Waals surface area contributed by atoms with Gasteiger partial charge < -0.3 is 15.0 Å². The lowest BCUT2D eigenvalue weighted by molar-refractivity contribution is 0.0593. The molecule has 0 aliphatic heterocycles. The molecule has 0 atom stereocenters. The van der Waals surface area contributed by atoms with E-state index in [1.165, 1.54) is 17.9 Å². The average molecular weight is 402 g/mol. The molecule has 0 radical (unpaired) electrons. The summed E-state index contributed by atoms with van der Waals surface area (Å²) in [5.41, 5.74) is 6.98. The first-order chi connectivity index (χ1) is 9.49. The third-order valence-electron chi connectivity index (χ3n) is 2.71. The SMILES string of the molecule is COC(=O)c1c(N)c(C#N)cn1-c1ccc(Cl)cc1I. The molecule has 0 amide bonds. The van der Waals surface area contributed by atoms with Crippen LogP contribution in [0.4, 0.5) is 5.69 Å². The molecule has 0 aliphatic carbocycles. The van der Waals surface area contributed by atoms with Gasteiger partial charge in [0.2, 0.25) is 0 Å². The zero-order chi connectivity index (χ0) is 14.9. The van der Waals surface area contributed by atoms with Crippen LogP contribution in [0.5, 0.6) is 0 Å². The summed E-state index contributed by atoms with van der Waals surface area (Å²) in [7, 11) is 1.26. The van der Waals surface area contributed by atoms with E-state index >= 15 is 0 Å². The molecule has 0 saturated heterocycles. The standard InChI is InChI=1S/C13H9ClIN3O2/c1-20-13(19)12-11(17)7(5-16)6-18(12)10-3-2-8(14)4-9(10)15/h2-4,6H,17H2,1H3. The number of rotatable bonds is 2. The van der Waals surface area contributed by atoms with E-state index in [1.807, 2.05) is 6.07 Å². The normalized spacial score (nSPS) is 10.1. The number of ether oxygens (including phenoxy) is 1. The second-order valence-corrected chi connectivity index (χ2v) is 5.47. The van der Waals surface area contributed by atoms with Crippen LogP contribution in [0.2, 0.25) is 5.02 Å². The summed E-state index contributed by atoms with van der Waals surface area (Å²) in [5, 5.41) is 9.63. The van der Waals surface area contributed by atoms with Crippen LogP contribution in [0.15, 0.2) is 24.4 Å². The minimum Gasteiger partial charge on any atom is -0.464 e. The summed E-state index contributed by atoms with van der Waals surface area (Å²) in [6.07, 6.45) is 1.51. The smallest absolute Gasteiger partial charge is 0.357 e. The van der Waals surface area contributed by atoms with Gasteiger partial charge in [0.25, 0.3) is 0 Å². The van der Waals surface area contributed by atoms with Crippen molar-refractivity contribution in [1.29, 1.82) is 5.26 Å². The van der Waals surface area contributed by atoms with Gasteiger partial charge in [-0.2, -0.15) is 5.26 Å². The van der Waals surface area contributed by atoms with Crippen molar-refractivity contribution in [2.24, 2.45) is 0 Å². The van der Waals surface area contributed by atoms with Crippen molar-refractivity contribution in [1.82, 2.24) is 4.57 Å². The quantitative estimate of drug-likeness (QED) is 0.620. The van der Waals surface area contributed by atoms with Gasteiger partial charge in [-0.1, -0.05) is 11.6 Å². The Balaban J connectivity index is 2.74. The lowest BCUT2D eigenvalue weighted by Gasteiger charge is -2.10. The number of hydrogen-bond acceptors (Lipinski definition) is 4. The first kappa shape index (κ1) is 14.7. The van der Waals surface area contributed by atoms with Crippen molar-refractivity contribution in [3.63, 3.8) is 0 Å². The van der Waals surface area contributed by atoms with E-state index in [0.29, 0.717) is 10.7 Å². The molecule has 1 aromatic carbocycles. The summed E-state index contributed by atoms with van der Waals surface area (Å²) >= 11 is 8.01. The predicted molar refractivity (Wildman–Crippen MR) is 84.0 cm³/mol. The Hall–Kier alpha value is -1.72. The van der Waals surface area contributed by atoms with Crippen molar-refractivity contribution in [2.75, 3.05) is 12.8 Å². The molecule has 20 heavy (non-hydrogen) atoms. The highest BCUT2D eigenvalue weighted by atomic mass is 127. The summed E-state index contributed by atoms with van der Waals surface area (Å²) < 4.78 is 7.08. The lowest BCUT2D eigenvalue weighted by atomic mass is 10.2. The molecular formula is C13H9ClIN3O2. The Morgan fingerprint density at radius 1 is 1.55 bits per heavy atom. The maximum absolute atomic E-state index is 11.9. The fraction of sp³-hybridized carbons (Fsp3) is 0.0769. The predicted octanol–water partition coefficient (Wildman–Crippen LogP) is 2.98. The topological polar surface area (TPSA) is 81.0 Å². The highest BCUT2D eigenvalue weighted by Crippen LogP contribution is 2.28. The largest absolute Gasteiger partial charge is 0.464 e. The maximum atomic E-state index is 11.9. The first-order valence-electron chi connectivity index (χ1n) is 5.44. The number of nitrogens with zero attached hydrogens (tertiary/aromatic N) is 2. The first-order valence-corrected chi connectivity index (χ1v) is 6.90. The minimum absolute atomic E-state index is 0.102. The van der Waals surface area contributed by atoms with E-state index in [0.717, 1.165) is 3.57 Å². The van der Waals surface area contributed by atoms with Crippen molar-refractivity contribution < 1.29 is 9.53 Å². The molecule has 0 bridgehead atoms. The Morgan fingerprint density at radius 3 is 2.80 bits per heavy atom. The molecule has 1 heterocycles. The molecule has 7 heteroatoms. The summed E-state index contributed by atoms with van der Waals surface area (Å²) in [5.74, 6) is -0.602. The molecule has 5 nitrogen and oxygen atoms in total. The molecule has 2 rings (SSSR count). The van der Waals surface area contributed by atoms with Gasteiger partial charge in [0.05, 0.1) is 24.0 Å². The van der Waals surface area contributed by atoms with Crippen molar-refractivity contribution in [3.05, 3.63) is 44.2 Å². The molecule has 102 valence electrons. The summed E-state index contributed by atoms with van der Waals surface area (Å²) in [6, 6.07) is 7.15. The second kappa shape index (κ2) is 5.73. The Kier molecular flexibility index (Phi) is 4.20. The van der Waals surface area contributed by atoms with Gasteiger partial charge in [0.1, 0.15) is 6.07 Å². The molecular weight excluding hydrogens is 393 g/mol. The number of aromatic nitrogens is 1. The summed E-state index contributed by atoms with van der Waals surface area (Å²) in [4.78, 5) is 11.9. The van der Waals surface area contributed by atoms with Crippen LogP contribution < -0.4 is 5.73 Å². The molecule has 0 aliphatic rings. The molecule has 0 spiro atoms. The fourth-order valence-electron chi connectivity index (χ4n) is 1.78. The monoisotopic (exact) mass is 401 g/mol. The number of nitrogens with two attached hydrogens (primary N) is 1. The van der Waals surface area contributed by atoms with Crippen LogP contribution in [0.25, 0.3) is 5.69 Å². The van der Waals surface area contributed by atoms with E-state index in [-0.39, 0.29) is 16.9 Å². The number of halogens is 2. The highest BCUT2D eigenvalue weighted by molar-refractivity contribution is 14.1. The Labute approximate surface area is 134 Å². The Bertz CT molecular complexity index is 734. The number of anilines is 1. The van der Waals surface area contributed by atoms with Gasteiger partial charge in [-0.05, 0) is 40.8 Å². The van der Waals surface area contributed by atoms with Crippen molar-refractivity contribution >= 4 is 45.8 Å². The lowest BCUT2D eigenvalue weighted by Crippen LogP contribution is -2.11. The molecule has 2 aromatic rings. The second-order valence-electron chi connectivity index (χ2n) is 3.87. The number of hydrogen-bond donors (Lipinski definition) is 1. The number of esters is 1. The molecule has 2 N–H and O–H groups in total. The van der Waals surface area contributed by atoms with E-state index in [2.05, 4.69) is 22.6 Å². The molecule has 1 aromatic heterocycles. The number of methoxy groups -OCH3 is 1. The fourth-order valence-corrected chi connectivity index (χ4v) is 2.91. The van der Waals surface area contributed by atoms with Crippen molar-refractivity contribution in [2.45, 2.75) is 0 Å². The van der Waals surface area contributed by atoms with Crippen LogP contribution in [0, 0.1) is 14.9 Å². The maximum Gasteiger partial charge on any atom is 0.357 e. The van der Waals surface area contributed by atoms with Gasteiger partial charge >= 0.3 is 5.97 Å². The third kappa shape index (κ3) is 2.46. The van der Waals surface area contributed by atoms with Crippen LogP contribution in [0.3, 0.4) is 0 Å². The average Bonchev–Trinajstić information content (AvgIpc) is 2.74. The van der Waals surface area contributed by atoms with E-state index in [1.54, 1.807) is 18.2 Å². The van der Waals surface area contributed by atoms with Gasteiger partial charge in [-0.15, -0.1) is 0 Å². The van der Waals surface area contributed by atoms with Crippen LogP contribution in [-0.2, 0) is 4.74 Å². The number of benzene rings is 1. The van der Waals surface area contributed by atoms with Crippen LogP contribution >= 0.6 is 34.2 Å². The van der Waals surface area contributed by atoms with Crippen LogP contribution in [-0.4, -0.2) is 17.6 Å².